The maximum absolute atomic E-state index is 11.5. The van der Waals surface area contributed by atoms with Gasteiger partial charge in [-0.25, -0.2) is 0 Å². The fourth-order valence-electron chi connectivity index (χ4n) is 2.06. The fourth-order valence-corrected chi connectivity index (χ4v) is 3.90. The van der Waals surface area contributed by atoms with Crippen LogP contribution in [0.5, 0.6) is 0 Å². The Kier molecular flexibility index (Phi) is 2.44. The first-order chi connectivity index (χ1) is 6.44. The van der Waals surface area contributed by atoms with Crippen LogP contribution in [0.15, 0.2) is 10.6 Å². The summed E-state index contributed by atoms with van der Waals surface area (Å²) in [5.41, 5.74) is -1.14. The molecule has 3 unspecified atom stereocenters. The third-order valence-corrected chi connectivity index (χ3v) is 4.46. The molecule has 0 aromatic heterocycles. The molecule has 0 aromatic carbocycles. The van der Waals surface area contributed by atoms with Gasteiger partial charge in [-0.1, -0.05) is 15.9 Å². The van der Waals surface area contributed by atoms with E-state index in [4.69, 9.17) is 0 Å². The van der Waals surface area contributed by atoms with E-state index in [0.29, 0.717) is 4.48 Å². The van der Waals surface area contributed by atoms with E-state index in [-0.39, 0.29) is 30.3 Å². The van der Waals surface area contributed by atoms with E-state index >= 15 is 0 Å². The molecule has 0 bridgehead atoms. The molecule has 2 aliphatic carbocycles. The zero-order chi connectivity index (χ0) is 10.5. The Morgan fingerprint density at radius 1 is 1.50 bits per heavy atom. The molecule has 1 saturated carbocycles. The largest absolute Gasteiger partial charge is 0.385 e. The molecule has 0 aromatic rings. The number of hydrogen-bond donors (Lipinski definition) is 1. The Hall–Kier alpha value is -0.0000000000000000763. The lowest BCUT2D eigenvalue weighted by Crippen LogP contribution is -2.43. The second-order valence-corrected chi connectivity index (χ2v) is 5.62. The second-order valence-electron chi connectivity index (χ2n) is 3.78. The summed E-state index contributed by atoms with van der Waals surface area (Å²) in [5, 5.41) is 10.1. The van der Waals surface area contributed by atoms with Crippen LogP contribution in [-0.4, -0.2) is 27.1 Å². The van der Waals surface area contributed by atoms with Crippen LogP contribution >= 0.6 is 31.9 Å². The summed E-state index contributed by atoms with van der Waals surface area (Å²) in [6, 6.07) is 0. The van der Waals surface area contributed by atoms with Gasteiger partial charge in [-0.3, -0.25) is 9.59 Å². The number of rotatable bonds is 0. The maximum atomic E-state index is 11.5. The molecule has 3 atom stereocenters. The van der Waals surface area contributed by atoms with E-state index in [0.717, 1.165) is 0 Å². The highest BCUT2D eigenvalue weighted by atomic mass is 79.9. The van der Waals surface area contributed by atoms with Crippen molar-refractivity contribution in [2.24, 2.45) is 5.92 Å². The minimum atomic E-state index is -1.14. The first kappa shape index (κ1) is 10.5. The van der Waals surface area contributed by atoms with Crippen molar-refractivity contribution < 1.29 is 14.7 Å². The van der Waals surface area contributed by atoms with Gasteiger partial charge in [0.05, 0.1) is 14.9 Å². The van der Waals surface area contributed by atoms with Crippen LogP contribution in [0, 0.1) is 5.92 Å². The minimum absolute atomic E-state index is 0.00759. The van der Waals surface area contributed by atoms with Crippen molar-refractivity contribution in [3.63, 3.8) is 0 Å². The third kappa shape index (κ3) is 1.42. The van der Waals surface area contributed by atoms with Crippen molar-refractivity contribution in [3.05, 3.63) is 10.6 Å². The normalized spacial score (nSPS) is 42.4. The van der Waals surface area contributed by atoms with Gasteiger partial charge in [-0.2, -0.15) is 0 Å². The quantitative estimate of drug-likeness (QED) is 0.684. The number of Topliss-reactive ketones (excluding diaryl/α,β-unsaturated/α-hetero) is 2. The number of carbonyl (C=O) groups is 2. The fraction of sp³-hybridized carbons (Fsp3) is 0.556. The molecule has 5 heteroatoms. The van der Waals surface area contributed by atoms with Crippen LogP contribution in [0.2, 0.25) is 0 Å². The molecule has 2 aliphatic rings. The summed E-state index contributed by atoms with van der Waals surface area (Å²) in [6.07, 6.45) is 1.85. The van der Waals surface area contributed by atoms with E-state index in [1.165, 1.54) is 6.08 Å². The van der Waals surface area contributed by atoms with Crippen LogP contribution in [0.3, 0.4) is 0 Å². The lowest BCUT2D eigenvalue weighted by molar-refractivity contribution is -0.118. The Morgan fingerprint density at radius 3 is 2.79 bits per heavy atom. The third-order valence-electron chi connectivity index (χ3n) is 2.79. The summed E-state index contributed by atoms with van der Waals surface area (Å²) < 4.78 is 0.354. The monoisotopic (exact) mass is 322 g/mol. The van der Waals surface area contributed by atoms with Gasteiger partial charge in [-0.05, 0) is 22.0 Å². The van der Waals surface area contributed by atoms with Gasteiger partial charge >= 0.3 is 0 Å². The van der Waals surface area contributed by atoms with E-state index in [1.807, 2.05) is 0 Å². The average Bonchev–Trinajstić information content (AvgIpc) is 2.37. The van der Waals surface area contributed by atoms with Crippen molar-refractivity contribution in [3.8, 4) is 0 Å². The molecule has 0 spiro atoms. The molecule has 76 valence electrons. The number of ketones is 2. The highest BCUT2D eigenvalue weighted by molar-refractivity contribution is 9.12. The Balaban J connectivity index is 2.45. The Labute approximate surface area is 97.8 Å². The van der Waals surface area contributed by atoms with Gasteiger partial charge in [0.25, 0.3) is 0 Å². The molecule has 0 radical (unpaired) electrons. The van der Waals surface area contributed by atoms with Crippen LogP contribution < -0.4 is 0 Å². The van der Waals surface area contributed by atoms with E-state index < -0.39 is 10.4 Å². The molecule has 2 rings (SSSR count). The van der Waals surface area contributed by atoms with Crippen LogP contribution in [0.25, 0.3) is 0 Å². The number of alkyl halides is 1. The van der Waals surface area contributed by atoms with Crippen molar-refractivity contribution in [1.29, 1.82) is 0 Å². The number of fused-ring (bicyclic) bond motifs is 1. The van der Waals surface area contributed by atoms with Gasteiger partial charge in [0.1, 0.15) is 5.78 Å². The molecular weight excluding hydrogens is 316 g/mol. The van der Waals surface area contributed by atoms with Gasteiger partial charge in [-0.15, -0.1) is 0 Å². The topological polar surface area (TPSA) is 54.4 Å². The summed E-state index contributed by atoms with van der Waals surface area (Å²) in [5.74, 6) is -0.411. The molecule has 0 saturated heterocycles. The highest BCUT2D eigenvalue weighted by Gasteiger charge is 2.52. The van der Waals surface area contributed by atoms with E-state index in [1.54, 1.807) is 0 Å². The maximum Gasteiger partial charge on any atom is 0.183 e. The van der Waals surface area contributed by atoms with Gasteiger partial charge in [0.2, 0.25) is 0 Å². The predicted molar refractivity (Wildman–Crippen MR) is 57.4 cm³/mol. The molecule has 0 amide bonds. The van der Waals surface area contributed by atoms with Crippen molar-refractivity contribution in [2.45, 2.75) is 23.3 Å². The molecule has 0 heterocycles. The first-order valence-corrected chi connectivity index (χ1v) is 5.95. The molecule has 0 aliphatic heterocycles. The molecular formula is C9H8Br2O3. The van der Waals surface area contributed by atoms with Crippen LogP contribution in [0.1, 0.15) is 12.8 Å². The van der Waals surface area contributed by atoms with Crippen molar-refractivity contribution >= 4 is 43.4 Å². The summed E-state index contributed by atoms with van der Waals surface area (Å²) in [7, 11) is 0. The van der Waals surface area contributed by atoms with Crippen LogP contribution in [-0.2, 0) is 9.59 Å². The number of allylic oxidation sites excluding steroid dienone is 1. The lowest BCUT2D eigenvalue weighted by Gasteiger charge is -2.33. The zero-order valence-corrected chi connectivity index (χ0v) is 10.3. The highest BCUT2D eigenvalue weighted by Crippen LogP contribution is 2.45. The lowest BCUT2D eigenvalue weighted by atomic mass is 9.82. The first-order valence-electron chi connectivity index (χ1n) is 4.25. The summed E-state index contributed by atoms with van der Waals surface area (Å²) >= 11 is 6.33. The molecule has 1 fully saturated rings. The Morgan fingerprint density at radius 2 is 2.14 bits per heavy atom. The SMILES string of the molecule is O=C1CC2C(Br)C(=O)C(Br)=CC2(O)C1. The number of hydrogen-bond acceptors (Lipinski definition) is 3. The number of carbonyl (C=O) groups excluding carboxylic acids is 2. The van der Waals surface area contributed by atoms with Gasteiger partial charge in [0.15, 0.2) is 5.78 Å². The minimum Gasteiger partial charge on any atom is -0.385 e. The molecule has 14 heavy (non-hydrogen) atoms. The van der Waals surface area contributed by atoms with Crippen molar-refractivity contribution in [2.75, 3.05) is 0 Å². The Bertz CT molecular complexity index is 350. The van der Waals surface area contributed by atoms with E-state index in [9.17, 15) is 14.7 Å². The van der Waals surface area contributed by atoms with Gasteiger partial charge < -0.3 is 5.11 Å². The number of aliphatic hydroxyl groups is 1. The predicted octanol–water partition coefficient (Wildman–Crippen LogP) is 1.32. The second kappa shape index (κ2) is 3.25. The smallest absolute Gasteiger partial charge is 0.183 e. The summed E-state index contributed by atoms with van der Waals surface area (Å²) in [6.45, 7) is 0. The number of halogens is 2. The van der Waals surface area contributed by atoms with Gasteiger partial charge in [0, 0.05) is 18.8 Å². The standard InChI is InChI=1S/C9H8Br2O3/c10-6-3-9(14)2-4(12)1-5(9)7(11)8(6)13/h3,5,7,14H,1-2H2. The average molecular weight is 324 g/mol. The zero-order valence-electron chi connectivity index (χ0n) is 7.17. The van der Waals surface area contributed by atoms with Crippen molar-refractivity contribution in [1.82, 2.24) is 0 Å². The van der Waals surface area contributed by atoms with Crippen LogP contribution in [0.4, 0.5) is 0 Å². The molecule has 1 N–H and O–H groups in total. The summed E-state index contributed by atoms with van der Waals surface area (Å²) in [4.78, 5) is 22.3. The molecule has 3 nitrogen and oxygen atoms in total. The van der Waals surface area contributed by atoms with E-state index in [2.05, 4.69) is 31.9 Å².